The molecule has 2 aromatic rings. The van der Waals surface area contributed by atoms with Gasteiger partial charge in [0.25, 0.3) is 0 Å². The third-order valence-corrected chi connectivity index (χ3v) is 4.22. The van der Waals surface area contributed by atoms with Crippen LogP contribution in [-0.2, 0) is 7.05 Å². The molecule has 0 radical (unpaired) electrons. The van der Waals surface area contributed by atoms with E-state index in [0.29, 0.717) is 6.54 Å². The average molecular weight is 344 g/mol. The third kappa shape index (κ3) is 4.98. The quantitative estimate of drug-likeness (QED) is 0.846. The first-order chi connectivity index (χ1) is 11.8. The summed E-state index contributed by atoms with van der Waals surface area (Å²) in [6, 6.07) is 7.55. The Hall–Kier alpha value is -2.50. The van der Waals surface area contributed by atoms with Crippen LogP contribution in [0.15, 0.2) is 24.3 Å². The molecule has 136 valence electrons. The molecule has 2 amide bonds. The fourth-order valence-electron chi connectivity index (χ4n) is 2.94. The lowest BCUT2D eigenvalue weighted by atomic mass is 10.1. The molecule has 25 heavy (non-hydrogen) atoms. The number of hydrogen-bond donors (Lipinski definition) is 2. The van der Waals surface area contributed by atoms with Crippen LogP contribution in [0.3, 0.4) is 0 Å². The molecule has 1 heterocycles. The van der Waals surface area contributed by atoms with E-state index >= 15 is 0 Å². The largest absolute Gasteiger partial charge is 0.489 e. The van der Waals surface area contributed by atoms with Gasteiger partial charge in [-0.15, -0.1) is 0 Å². The average Bonchev–Trinajstić information content (AvgIpc) is 2.78. The van der Waals surface area contributed by atoms with E-state index in [-0.39, 0.29) is 18.2 Å². The van der Waals surface area contributed by atoms with E-state index < -0.39 is 0 Å². The normalized spacial score (nSPS) is 13.2. The van der Waals surface area contributed by atoms with E-state index in [0.717, 1.165) is 28.3 Å². The number of carbonyl (C=O) groups is 1. The molecular weight excluding hydrogens is 316 g/mol. The van der Waals surface area contributed by atoms with Crippen LogP contribution in [0.25, 0.3) is 0 Å². The van der Waals surface area contributed by atoms with Gasteiger partial charge in [-0.3, -0.25) is 4.68 Å². The van der Waals surface area contributed by atoms with Gasteiger partial charge in [0.05, 0.1) is 18.3 Å². The molecule has 2 atom stereocenters. The molecule has 1 aromatic heterocycles. The summed E-state index contributed by atoms with van der Waals surface area (Å²) in [5, 5.41) is 10.2. The monoisotopic (exact) mass is 344 g/mol. The Kier molecular flexibility index (Phi) is 6.07. The molecule has 6 heteroatoms. The molecule has 1 aromatic carbocycles. The number of carbonyl (C=O) groups excluding carboxylic acids is 1. The van der Waals surface area contributed by atoms with E-state index in [1.165, 1.54) is 0 Å². The van der Waals surface area contributed by atoms with Crippen LogP contribution in [0.1, 0.15) is 42.4 Å². The number of amides is 2. The van der Waals surface area contributed by atoms with Crippen molar-refractivity contribution in [2.24, 2.45) is 7.05 Å². The van der Waals surface area contributed by atoms with Crippen LogP contribution in [0.5, 0.6) is 5.75 Å². The van der Waals surface area contributed by atoms with Crippen molar-refractivity contribution in [3.05, 3.63) is 46.8 Å². The van der Waals surface area contributed by atoms with E-state index in [4.69, 9.17) is 4.74 Å². The highest BCUT2D eigenvalue weighted by atomic mass is 16.5. The standard InChI is InChI=1S/C19H28N4O2/c1-12-8-7-9-17(10-12)25-13(2)11-20-19(24)21-14(3)18-15(4)22-23(6)16(18)5/h7-10,13-14H,11H2,1-6H3,(H2,20,21,24)/t13-,14+/m0/s1. The lowest BCUT2D eigenvalue weighted by Gasteiger charge is -2.18. The maximum atomic E-state index is 12.2. The number of benzene rings is 1. The Morgan fingerprint density at radius 3 is 2.60 bits per heavy atom. The van der Waals surface area contributed by atoms with Gasteiger partial charge in [-0.05, 0) is 52.3 Å². The number of aromatic nitrogens is 2. The zero-order valence-electron chi connectivity index (χ0n) is 15.9. The minimum absolute atomic E-state index is 0.110. The van der Waals surface area contributed by atoms with Gasteiger partial charge in [0.15, 0.2) is 0 Å². The van der Waals surface area contributed by atoms with Gasteiger partial charge in [-0.1, -0.05) is 12.1 Å². The lowest BCUT2D eigenvalue weighted by molar-refractivity contribution is 0.206. The van der Waals surface area contributed by atoms with Gasteiger partial charge < -0.3 is 15.4 Å². The van der Waals surface area contributed by atoms with Crippen LogP contribution in [0.2, 0.25) is 0 Å². The van der Waals surface area contributed by atoms with Crippen molar-refractivity contribution in [1.82, 2.24) is 20.4 Å². The smallest absolute Gasteiger partial charge is 0.315 e. The first-order valence-electron chi connectivity index (χ1n) is 8.55. The first kappa shape index (κ1) is 18.8. The van der Waals surface area contributed by atoms with Gasteiger partial charge in [0.1, 0.15) is 11.9 Å². The molecule has 0 aliphatic carbocycles. The summed E-state index contributed by atoms with van der Waals surface area (Å²) in [6.07, 6.45) is -0.121. The summed E-state index contributed by atoms with van der Waals surface area (Å²) < 4.78 is 7.65. The number of urea groups is 1. The minimum Gasteiger partial charge on any atom is -0.489 e. The van der Waals surface area contributed by atoms with Crippen molar-refractivity contribution < 1.29 is 9.53 Å². The highest BCUT2D eigenvalue weighted by Crippen LogP contribution is 2.20. The number of ether oxygens (including phenoxy) is 1. The van der Waals surface area contributed by atoms with E-state index in [1.54, 1.807) is 0 Å². The summed E-state index contributed by atoms with van der Waals surface area (Å²) in [5.41, 5.74) is 4.19. The van der Waals surface area contributed by atoms with Gasteiger partial charge in [-0.25, -0.2) is 4.79 Å². The summed E-state index contributed by atoms with van der Waals surface area (Å²) in [7, 11) is 1.91. The molecule has 0 spiro atoms. The predicted octanol–water partition coefficient (Wildman–Crippen LogP) is 3.17. The molecule has 0 bridgehead atoms. The molecule has 0 saturated carbocycles. The van der Waals surface area contributed by atoms with Gasteiger partial charge in [-0.2, -0.15) is 5.10 Å². The summed E-state index contributed by atoms with van der Waals surface area (Å²) >= 11 is 0. The Balaban J connectivity index is 1.83. The maximum Gasteiger partial charge on any atom is 0.315 e. The SMILES string of the molecule is Cc1cccc(O[C@@H](C)CNC(=O)N[C@H](C)c2c(C)nn(C)c2C)c1. The van der Waals surface area contributed by atoms with E-state index in [9.17, 15) is 4.79 Å². The van der Waals surface area contributed by atoms with Crippen LogP contribution < -0.4 is 15.4 Å². The van der Waals surface area contributed by atoms with E-state index in [2.05, 4.69) is 15.7 Å². The fraction of sp³-hybridized carbons (Fsp3) is 0.474. The Labute approximate surface area is 149 Å². The molecule has 0 aliphatic heterocycles. The van der Waals surface area contributed by atoms with Crippen LogP contribution in [0, 0.1) is 20.8 Å². The van der Waals surface area contributed by atoms with Crippen molar-refractivity contribution in [2.75, 3.05) is 6.54 Å². The molecule has 0 aliphatic rings. The lowest BCUT2D eigenvalue weighted by Crippen LogP contribution is -2.41. The molecular formula is C19H28N4O2. The van der Waals surface area contributed by atoms with Gasteiger partial charge in [0.2, 0.25) is 0 Å². The third-order valence-electron chi connectivity index (χ3n) is 4.22. The second-order valence-electron chi connectivity index (χ2n) is 6.53. The molecule has 6 nitrogen and oxygen atoms in total. The molecule has 0 saturated heterocycles. The number of nitrogens with one attached hydrogen (secondary N) is 2. The van der Waals surface area contributed by atoms with Gasteiger partial charge in [0, 0.05) is 18.3 Å². The Bertz CT molecular complexity index is 739. The van der Waals surface area contributed by atoms with E-state index in [1.807, 2.05) is 70.6 Å². The summed E-state index contributed by atoms with van der Waals surface area (Å²) in [4.78, 5) is 12.2. The molecule has 0 fully saturated rings. The number of rotatable bonds is 6. The van der Waals surface area contributed by atoms with Crippen molar-refractivity contribution in [3.8, 4) is 5.75 Å². The fourth-order valence-corrected chi connectivity index (χ4v) is 2.94. The van der Waals surface area contributed by atoms with Crippen LogP contribution in [-0.4, -0.2) is 28.5 Å². The summed E-state index contributed by atoms with van der Waals surface area (Å²) in [6.45, 7) is 10.3. The Morgan fingerprint density at radius 1 is 1.28 bits per heavy atom. The zero-order valence-corrected chi connectivity index (χ0v) is 15.9. The summed E-state index contributed by atoms with van der Waals surface area (Å²) in [5.74, 6) is 0.810. The van der Waals surface area contributed by atoms with Gasteiger partial charge >= 0.3 is 6.03 Å². The zero-order chi connectivity index (χ0) is 18.6. The highest BCUT2D eigenvalue weighted by molar-refractivity contribution is 5.74. The number of aryl methyl sites for hydroxylation is 3. The molecule has 2 N–H and O–H groups in total. The van der Waals surface area contributed by atoms with Crippen LogP contribution >= 0.6 is 0 Å². The highest BCUT2D eigenvalue weighted by Gasteiger charge is 2.18. The topological polar surface area (TPSA) is 68.2 Å². The maximum absolute atomic E-state index is 12.2. The number of hydrogen-bond acceptors (Lipinski definition) is 3. The second-order valence-corrected chi connectivity index (χ2v) is 6.53. The van der Waals surface area contributed by atoms with Crippen molar-refractivity contribution in [1.29, 1.82) is 0 Å². The second kappa shape index (κ2) is 8.05. The van der Waals surface area contributed by atoms with Crippen molar-refractivity contribution >= 4 is 6.03 Å². The number of nitrogens with zero attached hydrogens (tertiary/aromatic N) is 2. The van der Waals surface area contributed by atoms with Crippen LogP contribution in [0.4, 0.5) is 4.79 Å². The predicted molar refractivity (Wildman–Crippen MR) is 98.9 cm³/mol. The molecule has 0 unspecified atom stereocenters. The Morgan fingerprint density at radius 2 is 2.00 bits per heavy atom. The van der Waals surface area contributed by atoms with Crippen molar-refractivity contribution in [3.63, 3.8) is 0 Å². The minimum atomic E-state index is -0.213. The van der Waals surface area contributed by atoms with Crippen molar-refractivity contribution in [2.45, 2.75) is 46.8 Å². The molecule has 2 rings (SSSR count). The first-order valence-corrected chi connectivity index (χ1v) is 8.55.